The molecule has 57 heavy (non-hydrogen) atoms. The first-order valence-electron chi connectivity index (χ1n) is 18.6. The molecule has 6 aromatic rings. The standard InChI is InChI=1S/C42H44N10O4Si/c1-6-29-23-30(39(53)43-17-18-51-19-21-55-22-20-51)25-31(24-29)46-40-44-27-45-42(49-40)56-36-16-15-35(33-9-7-8-10-34(33)36)47-41(54)48-37-26-38(57(3,4)5)50-52(37)32-13-11-28(2)12-14-32/h1,7-16,23-27H,17-22H2,2-5H3,(H,43,53)(H2,47,48,54)(H,44,45,46,49). The molecule has 1 aliphatic rings. The maximum absolute atomic E-state index is 13.5. The van der Waals surface area contributed by atoms with E-state index in [1.54, 1.807) is 35.0 Å². The van der Waals surface area contributed by atoms with E-state index in [0.717, 1.165) is 47.0 Å². The Bertz CT molecular complexity index is 2450. The number of hydrogen-bond acceptors (Lipinski definition) is 10. The summed E-state index contributed by atoms with van der Waals surface area (Å²) in [6.45, 7) is 13.0. The molecule has 0 aliphatic carbocycles. The molecule has 0 radical (unpaired) electrons. The number of morpholine rings is 1. The number of ether oxygens (including phenoxy) is 2. The maximum Gasteiger partial charge on any atom is 0.326 e. The van der Waals surface area contributed by atoms with Crippen LogP contribution in [0.4, 0.5) is 27.9 Å². The molecule has 14 nitrogen and oxygen atoms in total. The van der Waals surface area contributed by atoms with E-state index in [2.05, 4.69) is 66.7 Å². The van der Waals surface area contributed by atoms with Crippen LogP contribution in [0.2, 0.25) is 19.6 Å². The van der Waals surface area contributed by atoms with Gasteiger partial charge in [-0.1, -0.05) is 67.5 Å². The average Bonchev–Trinajstić information content (AvgIpc) is 3.64. The van der Waals surface area contributed by atoms with Crippen LogP contribution < -0.4 is 31.3 Å². The molecule has 0 bridgehead atoms. The molecular formula is C42H44N10O4Si. The summed E-state index contributed by atoms with van der Waals surface area (Å²) in [7, 11) is -1.79. The first-order valence-corrected chi connectivity index (χ1v) is 22.1. The molecule has 15 heteroatoms. The van der Waals surface area contributed by atoms with Gasteiger partial charge in [0.15, 0.2) is 0 Å². The lowest BCUT2D eigenvalue weighted by Crippen LogP contribution is -2.41. The number of fused-ring (bicyclic) bond motifs is 1. The van der Waals surface area contributed by atoms with E-state index in [-0.39, 0.29) is 17.9 Å². The van der Waals surface area contributed by atoms with Gasteiger partial charge in [0.2, 0.25) is 5.95 Å². The molecule has 3 amide bonds. The summed E-state index contributed by atoms with van der Waals surface area (Å²) in [6.07, 6.45) is 7.06. The topological polar surface area (TPSA) is 160 Å². The Hall–Kier alpha value is -6.60. The van der Waals surface area contributed by atoms with Gasteiger partial charge in [-0.15, -0.1) is 6.42 Å². The van der Waals surface area contributed by atoms with Gasteiger partial charge in [0.1, 0.15) is 26.0 Å². The van der Waals surface area contributed by atoms with Crippen molar-refractivity contribution in [1.82, 2.24) is 34.9 Å². The van der Waals surface area contributed by atoms with Crippen molar-refractivity contribution in [3.05, 3.63) is 108 Å². The molecule has 0 atom stereocenters. The molecular weight excluding hydrogens is 737 g/mol. The lowest BCUT2D eigenvalue weighted by Gasteiger charge is -2.26. The van der Waals surface area contributed by atoms with Crippen molar-refractivity contribution in [1.29, 1.82) is 0 Å². The van der Waals surface area contributed by atoms with Gasteiger partial charge in [-0.05, 0) is 55.5 Å². The minimum atomic E-state index is -1.79. The number of nitrogens with one attached hydrogen (secondary N) is 4. The number of amides is 3. The van der Waals surface area contributed by atoms with E-state index in [9.17, 15) is 9.59 Å². The maximum atomic E-state index is 13.5. The predicted molar refractivity (Wildman–Crippen MR) is 225 cm³/mol. The van der Waals surface area contributed by atoms with Crippen LogP contribution in [0.1, 0.15) is 21.5 Å². The number of urea groups is 1. The van der Waals surface area contributed by atoms with E-state index >= 15 is 0 Å². The lowest BCUT2D eigenvalue weighted by molar-refractivity contribution is 0.0383. The Morgan fingerprint density at radius 3 is 2.46 bits per heavy atom. The largest absolute Gasteiger partial charge is 0.424 e. The Labute approximate surface area is 332 Å². The Balaban J connectivity index is 1.05. The van der Waals surface area contributed by atoms with Gasteiger partial charge in [0.05, 0.1) is 24.6 Å². The van der Waals surface area contributed by atoms with Crippen LogP contribution in [0.5, 0.6) is 11.8 Å². The van der Waals surface area contributed by atoms with Gasteiger partial charge in [-0.2, -0.15) is 15.1 Å². The van der Waals surface area contributed by atoms with Crippen molar-refractivity contribution in [3.63, 3.8) is 0 Å². The second-order valence-electron chi connectivity index (χ2n) is 14.6. The summed E-state index contributed by atoms with van der Waals surface area (Å²) >= 11 is 0. The fraction of sp³-hybridized carbons (Fsp3) is 0.238. The summed E-state index contributed by atoms with van der Waals surface area (Å²) < 4.78 is 13.4. The number of aryl methyl sites for hydroxylation is 1. The number of rotatable bonds is 12. The number of carbonyl (C=O) groups excluding carboxylic acids is 2. The zero-order chi connectivity index (χ0) is 39.9. The van der Waals surface area contributed by atoms with Crippen LogP contribution in [-0.4, -0.2) is 89.0 Å². The van der Waals surface area contributed by atoms with Gasteiger partial charge < -0.3 is 25.4 Å². The Morgan fingerprint density at radius 1 is 0.930 bits per heavy atom. The molecule has 2 aromatic heterocycles. The molecule has 3 heterocycles. The molecule has 0 saturated carbocycles. The molecule has 0 spiro atoms. The summed E-state index contributed by atoms with van der Waals surface area (Å²) in [4.78, 5) is 41.8. The van der Waals surface area contributed by atoms with Crippen molar-refractivity contribution < 1.29 is 19.1 Å². The summed E-state index contributed by atoms with van der Waals surface area (Å²) in [5.74, 6) is 3.60. The Kier molecular flexibility index (Phi) is 11.6. The lowest BCUT2D eigenvalue weighted by atomic mass is 10.1. The van der Waals surface area contributed by atoms with Crippen LogP contribution in [0.25, 0.3) is 16.5 Å². The summed E-state index contributed by atoms with van der Waals surface area (Å²) in [6, 6.07) is 25.7. The Morgan fingerprint density at radius 2 is 1.70 bits per heavy atom. The minimum absolute atomic E-state index is 0.0351. The third-order valence-corrected chi connectivity index (χ3v) is 11.1. The number of carbonyl (C=O) groups is 2. The second kappa shape index (κ2) is 17.0. The average molecular weight is 781 g/mol. The fourth-order valence-electron chi connectivity index (χ4n) is 6.25. The molecule has 1 fully saturated rings. The van der Waals surface area contributed by atoms with Gasteiger partial charge in [-0.3, -0.25) is 15.0 Å². The first kappa shape index (κ1) is 38.7. The van der Waals surface area contributed by atoms with Gasteiger partial charge >= 0.3 is 12.0 Å². The number of terminal acetylenes is 1. The molecule has 4 aromatic carbocycles. The highest BCUT2D eigenvalue weighted by molar-refractivity contribution is 6.88. The molecule has 1 aliphatic heterocycles. The normalized spacial score (nSPS) is 13.1. The van der Waals surface area contributed by atoms with Crippen molar-refractivity contribution in [3.8, 4) is 29.8 Å². The molecule has 1 saturated heterocycles. The zero-order valence-corrected chi connectivity index (χ0v) is 33.3. The zero-order valence-electron chi connectivity index (χ0n) is 32.3. The smallest absolute Gasteiger partial charge is 0.326 e. The van der Waals surface area contributed by atoms with E-state index < -0.39 is 14.1 Å². The third-order valence-electron chi connectivity index (χ3n) is 9.32. The summed E-state index contributed by atoms with van der Waals surface area (Å²) in [5.41, 5.74) is 4.02. The molecule has 0 unspecified atom stereocenters. The van der Waals surface area contributed by atoms with Crippen LogP contribution in [-0.2, 0) is 4.74 Å². The van der Waals surface area contributed by atoms with Gasteiger partial charge in [0.25, 0.3) is 5.91 Å². The van der Waals surface area contributed by atoms with Crippen LogP contribution in [0.3, 0.4) is 0 Å². The van der Waals surface area contributed by atoms with Crippen molar-refractivity contribution in [2.45, 2.75) is 26.6 Å². The molecule has 4 N–H and O–H groups in total. The van der Waals surface area contributed by atoms with Crippen LogP contribution >= 0.6 is 0 Å². The highest BCUT2D eigenvalue weighted by Gasteiger charge is 2.24. The quantitative estimate of drug-likeness (QED) is 0.0822. The first-order chi connectivity index (χ1) is 27.5. The number of nitrogens with zero attached hydrogens (tertiary/aromatic N) is 6. The minimum Gasteiger partial charge on any atom is -0.424 e. The highest BCUT2D eigenvalue weighted by atomic mass is 28.3. The van der Waals surface area contributed by atoms with E-state index in [1.165, 1.54) is 6.33 Å². The van der Waals surface area contributed by atoms with Gasteiger partial charge in [0, 0.05) is 59.1 Å². The van der Waals surface area contributed by atoms with Crippen LogP contribution in [0.15, 0.2) is 91.3 Å². The third kappa shape index (κ3) is 9.62. The number of hydrogen-bond donors (Lipinski definition) is 4. The van der Waals surface area contributed by atoms with Crippen LogP contribution in [0, 0.1) is 19.3 Å². The van der Waals surface area contributed by atoms with Crippen molar-refractivity contribution in [2.75, 3.05) is 55.3 Å². The van der Waals surface area contributed by atoms with Crippen molar-refractivity contribution in [2.24, 2.45) is 0 Å². The second-order valence-corrected chi connectivity index (χ2v) is 19.6. The van der Waals surface area contributed by atoms with E-state index in [0.29, 0.717) is 53.8 Å². The fourth-order valence-corrected chi connectivity index (χ4v) is 7.22. The predicted octanol–water partition coefficient (Wildman–Crippen LogP) is 6.29. The number of anilines is 4. The monoisotopic (exact) mass is 780 g/mol. The van der Waals surface area contributed by atoms with E-state index in [1.807, 2.05) is 61.5 Å². The highest BCUT2D eigenvalue weighted by Crippen LogP contribution is 2.34. The van der Waals surface area contributed by atoms with Crippen molar-refractivity contribution >= 4 is 59.2 Å². The van der Waals surface area contributed by atoms with Gasteiger partial charge in [-0.25, -0.2) is 14.5 Å². The molecule has 7 rings (SSSR count). The molecule has 290 valence electrons. The number of benzene rings is 4. The SMILES string of the molecule is C#Cc1cc(Nc2ncnc(Oc3ccc(NC(=O)Nc4cc([Si](C)(C)C)nn4-c4ccc(C)cc4)c4ccccc34)n2)cc(C(=O)NCCN2CCOCC2)c1. The number of aromatic nitrogens is 5. The van der Waals surface area contributed by atoms with E-state index in [4.69, 9.17) is 21.0 Å². The summed E-state index contributed by atoms with van der Waals surface area (Å²) in [5, 5.41) is 19.5.